The minimum atomic E-state index is 0.173. The lowest BCUT2D eigenvalue weighted by molar-refractivity contribution is 0.412. The Balaban J connectivity index is 2.60. The molecule has 5 heteroatoms. The zero-order valence-corrected chi connectivity index (χ0v) is 9.77. The predicted octanol–water partition coefficient (Wildman–Crippen LogP) is 1.63. The Kier molecular flexibility index (Phi) is 2.82. The highest BCUT2D eigenvalue weighted by atomic mass is 16.5. The van der Waals surface area contributed by atoms with Gasteiger partial charge in [0.25, 0.3) is 0 Å². The number of benzene rings is 1. The minimum absolute atomic E-state index is 0.173. The van der Waals surface area contributed by atoms with Crippen molar-refractivity contribution in [2.24, 2.45) is 0 Å². The van der Waals surface area contributed by atoms with Gasteiger partial charge in [-0.3, -0.25) is 0 Å². The number of nitrogens with two attached hydrogens (primary N) is 2. The molecule has 5 nitrogen and oxygen atoms in total. The number of nitrogen functional groups attached to an aromatic ring is 2. The molecule has 0 aliphatic heterocycles. The van der Waals surface area contributed by atoms with Crippen LogP contribution in [-0.2, 0) is 0 Å². The van der Waals surface area contributed by atoms with Crippen LogP contribution >= 0.6 is 0 Å². The van der Waals surface area contributed by atoms with Crippen molar-refractivity contribution in [2.75, 3.05) is 18.6 Å². The van der Waals surface area contributed by atoms with Gasteiger partial charge in [0.1, 0.15) is 11.6 Å². The zero-order valence-electron chi connectivity index (χ0n) is 9.77. The maximum Gasteiger partial charge on any atom is 0.221 e. The Hall–Kier alpha value is -2.30. The average Bonchev–Trinajstić information content (AvgIpc) is 2.30. The maximum absolute atomic E-state index is 5.84. The third-order valence-corrected chi connectivity index (χ3v) is 2.63. The normalized spacial score (nSPS) is 10.2. The number of hydrogen-bond acceptors (Lipinski definition) is 5. The lowest BCUT2D eigenvalue weighted by Crippen LogP contribution is -2.02. The fourth-order valence-corrected chi connectivity index (χ4v) is 1.74. The largest absolute Gasteiger partial charge is 0.496 e. The fourth-order valence-electron chi connectivity index (χ4n) is 1.74. The molecule has 0 aliphatic rings. The molecule has 2 rings (SSSR count). The topological polar surface area (TPSA) is 87.0 Å². The molecule has 2 aromatic rings. The van der Waals surface area contributed by atoms with E-state index in [2.05, 4.69) is 9.97 Å². The molecule has 4 N–H and O–H groups in total. The number of aromatic nitrogens is 2. The second kappa shape index (κ2) is 4.29. The van der Waals surface area contributed by atoms with Crippen LogP contribution in [0.2, 0.25) is 0 Å². The summed E-state index contributed by atoms with van der Waals surface area (Å²) in [5, 5.41) is 0. The van der Waals surface area contributed by atoms with Gasteiger partial charge in [-0.05, 0) is 24.1 Å². The zero-order chi connectivity index (χ0) is 12.4. The molecule has 0 bridgehead atoms. The smallest absolute Gasteiger partial charge is 0.221 e. The summed E-state index contributed by atoms with van der Waals surface area (Å²) in [5.74, 6) is 1.35. The van der Waals surface area contributed by atoms with Gasteiger partial charge in [0.15, 0.2) is 0 Å². The van der Waals surface area contributed by atoms with E-state index >= 15 is 0 Å². The molecule has 0 unspecified atom stereocenters. The van der Waals surface area contributed by atoms with Crippen LogP contribution in [0.1, 0.15) is 5.56 Å². The third kappa shape index (κ3) is 1.99. The quantitative estimate of drug-likeness (QED) is 0.818. The summed E-state index contributed by atoms with van der Waals surface area (Å²) in [6.45, 7) is 1.96. The second-order valence-electron chi connectivity index (χ2n) is 3.66. The number of anilines is 2. The van der Waals surface area contributed by atoms with Crippen molar-refractivity contribution < 1.29 is 4.74 Å². The Morgan fingerprint density at radius 1 is 1.18 bits per heavy atom. The standard InChI is InChI=1S/C12H14N4O/c1-7-8(4-3-5-10(7)17-2)9-6-15-12(14)16-11(9)13/h3-6H,1-2H3,(H4,13,14,15,16). The molecule has 0 radical (unpaired) electrons. The van der Waals surface area contributed by atoms with Crippen molar-refractivity contribution in [3.05, 3.63) is 30.0 Å². The van der Waals surface area contributed by atoms with Crippen LogP contribution in [0.15, 0.2) is 24.4 Å². The Bertz CT molecular complexity index is 554. The van der Waals surface area contributed by atoms with Gasteiger partial charge >= 0.3 is 0 Å². The van der Waals surface area contributed by atoms with Crippen LogP contribution in [0, 0.1) is 6.92 Å². The van der Waals surface area contributed by atoms with Crippen LogP contribution < -0.4 is 16.2 Å². The van der Waals surface area contributed by atoms with E-state index in [0.717, 1.165) is 22.4 Å². The summed E-state index contributed by atoms with van der Waals surface area (Å²) in [5.41, 5.74) is 14.0. The van der Waals surface area contributed by atoms with E-state index in [1.165, 1.54) is 0 Å². The first kappa shape index (κ1) is 11.2. The summed E-state index contributed by atoms with van der Waals surface area (Å²) < 4.78 is 5.26. The maximum atomic E-state index is 5.84. The van der Waals surface area contributed by atoms with Crippen molar-refractivity contribution in [1.82, 2.24) is 9.97 Å². The Labute approximate surface area is 99.5 Å². The summed E-state index contributed by atoms with van der Waals surface area (Å²) in [7, 11) is 1.63. The number of hydrogen-bond donors (Lipinski definition) is 2. The molecular formula is C12H14N4O. The molecule has 0 fully saturated rings. The molecule has 88 valence electrons. The molecule has 0 amide bonds. The predicted molar refractivity (Wildman–Crippen MR) is 67.6 cm³/mol. The Morgan fingerprint density at radius 3 is 2.59 bits per heavy atom. The summed E-state index contributed by atoms with van der Waals surface area (Å²) in [4.78, 5) is 7.91. The SMILES string of the molecule is COc1cccc(-c2cnc(N)nc2N)c1C. The molecule has 0 atom stereocenters. The third-order valence-electron chi connectivity index (χ3n) is 2.63. The fraction of sp³-hybridized carbons (Fsp3) is 0.167. The lowest BCUT2D eigenvalue weighted by atomic mass is 10.0. The number of nitrogens with zero attached hydrogens (tertiary/aromatic N) is 2. The lowest BCUT2D eigenvalue weighted by Gasteiger charge is -2.11. The molecule has 0 aliphatic carbocycles. The van der Waals surface area contributed by atoms with E-state index in [9.17, 15) is 0 Å². The van der Waals surface area contributed by atoms with Crippen molar-refractivity contribution in [3.8, 4) is 16.9 Å². The minimum Gasteiger partial charge on any atom is -0.496 e. The van der Waals surface area contributed by atoms with Gasteiger partial charge < -0.3 is 16.2 Å². The van der Waals surface area contributed by atoms with Crippen LogP contribution in [-0.4, -0.2) is 17.1 Å². The van der Waals surface area contributed by atoms with Gasteiger partial charge in [0.2, 0.25) is 5.95 Å². The van der Waals surface area contributed by atoms with Crippen molar-refractivity contribution in [1.29, 1.82) is 0 Å². The van der Waals surface area contributed by atoms with E-state index in [0.29, 0.717) is 5.82 Å². The molecule has 0 saturated carbocycles. The average molecular weight is 230 g/mol. The van der Waals surface area contributed by atoms with Crippen LogP contribution in [0.25, 0.3) is 11.1 Å². The van der Waals surface area contributed by atoms with E-state index < -0.39 is 0 Å². The molecule has 0 spiro atoms. The first-order chi connectivity index (χ1) is 8.13. The van der Waals surface area contributed by atoms with Gasteiger partial charge in [0.05, 0.1) is 7.11 Å². The Morgan fingerprint density at radius 2 is 1.94 bits per heavy atom. The second-order valence-corrected chi connectivity index (χ2v) is 3.66. The summed E-state index contributed by atoms with van der Waals surface area (Å²) in [6, 6.07) is 5.74. The van der Waals surface area contributed by atoms with Gasteiger partial charge in [0, 0.05) is 11.8 Å². The van der Waals surface area contributed by atoms with Crippen molar-refractivity contribution in [2.45, 2.75) is 6.92 Å². The van der Waals surface area contributed by atoms with E-state index in [-0.39, 0.29) is 5.95 Å². The van der Waals surface area contributed by atoms with E-state index in [1.54, 1.807) is 13.3 Å². The molecule has 0 saturated heterocycles. The van der Waals surface area contributed by atoms with Gasteiger partial charge in [-0.15, -0.1) is 0 Å². The van der Waals surface area contributed by atoms with E-state index in [1.807, 2.05) is 25.1 Å². The van der Waals surface area contributed by atoms with Gasteiger partial charge in [-0.25, -0.2) is 4.98 Å². The molecule has 1 aromatic heterocycles. The number of methoxy groups -OCH3 is 1. The monoisotopic (exact) mass is 230 g/mol. The number of rotatable bonds is 2. The van der Waals surface area contributed by atoms with Gasteiger partial charge in [-0.2, -0.15) is 4.98 Å². The highest BCUT2D eigenvalue weighted by molar-refractivity contribution is 5.77. The first-order valence-electron chi connectivity index (χ1n) is 5.15. The van der Waals surface area contributed by atoms with Crippen molar-refractivity contribution in [3.63, 3.8) is 0 Å². The van der Waals surface area contributed by atoms with Crippen LogP contribution in [0.3, 0.4) is 0 Å². The highest BCUT2D eigenvalue weighted by Crippen LogP contribution is 2.32. The summed E-state index contributed by atoms with van der Waals surface area (Å²) in [6.07, 6.45) is 1.62. The van der Waals surface area contributed by atoms with Gasteiger partial charge in [-0.1, -0.05) is 12.1 Å². The molecular weight excluding hydrogens is 216 g/mol. The first-order valence-corrected chi connectivity index (χ1v) is 5.15. The molecule has 1 aromatic carbocycles. The summed E-state index contributed by atoms with van der Waals surface area (Å²) >= 11 is 0. The van der Waals surface area contributed by atoms with Crippen molar-refractivity contribution >= 4 is 11.8 Å². The van der Waals surface area contributed by atoms with Crippen LogP contribution in [0.5, 0.6) is 5.75 Å². The molecule has 1 heterocycles. The number of ether oxygens (including phenoxy) is 1. The highest BCUT2D eigenvalue weighted by Gasteiger charge is 2.10. The molecule has 17 heavy (non-hydrogen) atoms. The van der Waals surface area contributed by atoms with E-state index in [4.69, 9.17) is 16.2 Å². The van der Waals surface area contributed by atoms with Crippen LogP contribution in [0.4, 0.5) is 11.8 Å².